The van der Waals surface area contributed by atoms with Crippen LogP contribution in [0.2, 0.25) is 0 Å². The molecule has 1 aliphatic heterocycles. The zero-order valence-corrected chi connectivity index (χ0v) is 17.0. The number of azo groups is 1. The molecule has 1 amide bonds. The van der Waals surface area contributed by atoms with Crippen molar-refractivity contribution in [1.82, 2.24) is 4.90 Å². The average molecular weight is 422 g/mol. The number of carbonyl (C=O) groups excluding carboxylic acids is 1. The number of hydrogen-bond donors (Lipinski definition) is 1. The summed E-state index contributed by atoms with van der Waals surface area (Å²) in [7, 11) is 1.16. The first-order chi connectivity index (χ1) is 15.0. The average Bonchev–Trinajstić information content (AvgIpc) is 2.81. The van der Waals surface area contributed by atoms with Gasteiger partial charge in [-0.1, -0.05) is 18.2 Å². The summed E-state index contributed by atoms with van der Waals surface area (Å²) in [5.41, 5.74) is -1.52. The van der Waals surface area contributed by atoms with Crippen molar-refractivity contribution in [1.29, 1.82) is 5.26 Å². The second-order valence-corrected chi connectivity index (χ2v) is 7.05. The highest BCUT2D eigenvalue weighted by molar-refractivity contribution is 5.85. The van der Waals surface area contributed by atoms with Crippen molar-refractivity contribution in [3.8, 4) is 17.6 Å². The minimum Gasteiger partial charge on any atom is -0.466 e. The van der Waals surface area contributed by atoms with Gasteiger partial charge in [0.25, 0.3) is 5.54 Å². The van der Waals surface area contributed by atoms with Gasteiger partial charge in [0.2, 0.25) is 0 Å². The number of likely N-dealkylation sites (tertiary alicyclic amines) is 1. The number of carbonyl (C=O) groups is 2. The van der Waals surface area contributed by atoms with Crippen molar-refractivity contribution in [2.75, 3.05) is 20.2 Å². The number of esters is 1. The molecule has 0 radical (unpaired) electrons. The van der Waals surface area contributed by atoms with E-state index in [4.69, 9.17) is 9.47 Å². The van der Waals surface area contributed by atoms with Crippen molar-refractivity contribution >= 4 is 17.7 Å². The highest BCUT2D eigenvalue weighted by Crippen LogP contribution is 2.33. The van der Waals surface area contributed by atoms with Crippen LogP contribution in [0.1, 0.15) is 12.8 Å². The smallest absolute Gasteiger partial charge is 0.407 e. The number of nitrogens with zero attached hydrogens (tertiary/aromatic N) is 4. The molecule has 9 heteroatoms. The normalized spacial score (nSPS) is 18.1. The molecule has 1 saturated heterocycles. The molecular formula is C22H22N4O5. The minimum absolute atomic E-state index is 0.000860. The molecule has 3 rings (SSSR count). The Balaban J connectivity index is 1.81. The van der Waals surface area contributed by atoms with Crippen molar-refractivity contribution in [3.63, 3.8) is 0 Å². The third kappa shape index (κ3) is 4.98. The molecule has 9 nitrogen and oxygen atoms in total. The van der Waals surface area contributed by atoms with Crippen molar-refractivity contribution in [3.05, 3.63) is 54.6 Å². The molecule has 2 aromatic rings. The summed E-state index contributed by atoms with van der Waals surface area (Å²) in [6, 6.07) is 17.9. The quantitative estimate of drug-likeness (QED) is 0.544. The fraction of sp³-hybridized carbons (Fsp3) is 0.318. The standard InChI is InChI=1S/C22H22N4O5/c1-30-20(27)22(15-23,16-6-5-13-26(14-16)21(28)29)25-24-17-9-11-19(12-10-17)31-18-7-3-2-4-8-18/h2-4,7-12,16H,5-6,13-14H2,1H3,(H,28,29)/b25-24+. The molecule has 160 valence electrons. The van der Waals surface area contributed by atoms with Crippen LogP contribution >= 0.6 is 0 Å². The molecule has 31 heavy (non-hydrogen) atoms. The zero-order chi connectivity index (χ0) is 22.3. The maximum Gasteiger partial charge on any atom is 0.407 e. The number of amides is 1. The van der Waals surface area contributed by atoms with E-state index in [-0.39, 0.29) is 6.54 Å². The fourth-order valence-corrected chi connectivity index (χ4v) is 3.44. The Morgan fingerprint density at radius 1 is 1.16 bits per heavy atom. The predicted molar refractivity (Wildman–Crippen MR) is 110 cm³/mol. The number of nitriles is 1. The van der Waals surface area contributed by atoms with Gasteiger partial charge in [0, 0.05) is 19.0 Å². The third-order valence-corrected chi connectivity index (χ3v) is 5.09. The Labute approximate surface area is 179 Å². The van der Waals surface area contributed by atoms with Crippen molar-refractivity contribution in [2.24, 2.45) is 16.1 Å². The number of rotatable bonds is 6. The van der Waals surface area contributed by atoms with Gasteiger partial charge in [-0.2, -0.15) is 15.5 Å². The van der Waals surface area contributed by atoms with Gasteiger partial charge in [-0.05, 0) is 49.2 Å². The van der Waals surface area contributed by atoms with Gasteiger partial charge in [-0.3, -0.25) is 0 Å². The van der Waals surface area contributed by atoms with E-state index in [2.05, 4.69) is 10.2 Å². The zero-order valence-electron chi connectivity index (χ0n) is 17.0. The number of para-hydroxylation sites is 1. The Morgan fingerprint density at radius 3 is 2.45 bits per heavy atom. The summed E-state index contributed by atoms with van der Waals surface area (Å²) in [4.78, 5) is 25.1. The number of hydrogen-bond acceptors (Lipinski definition) is 7. The molecule has 0 aliphatic carbocycles. The Bertz CT molecular complexity index is 987. The fourth-order valence-electron chi connectivity index (χ4n) is 3.44. The second-order valence-electron chi connectivity index (χ2n) is 7.05. The van der Waals surface area contributed by atoms with Crippen LogP contribution in [0.5, 0.6) is 11.5 Å². The van der Waals surface area contributed by atoms with E-state index in [1.165, 1.54) is 4.90 Å². The number of carboxylic acid groups (broad SMARTS) is 1. The first kappa shape index (κ1) is 21.8. The van der Waals surface area contributed by atoms with E-state index in [9.17, 15) is 20.0 Å². The largest absolute Gasteiger partial charge is 0.466 e. The van der Waals surface area contributed by atoms with Crippen LogP contribution in [0.4, 0.5) is 10.5 Å². The van der Waals surface area contributed by atoms with Gasteiger partial charge >= 0.3 is 12.1 Å². The van der Waals surface area contributed by atoms with Crippen LogP contribution in [0.15, 0.2) is 64.8 Å². The van der Waals surface area contributed by atoms with Gasteiger partial charge in [0.15, 0.2) is 0 Å². The maximum absolute atomic E-state index is 12.5. The Hall–Kier alpha value is -3.93. The molecule has 0 bridgehead atoms. The van der Waals surface area contributed by atoms with Crippen molar-refractivity contribution < 1.29 is 24.2 Å². The van der Waals surface area contributed by atoms with Crippen LogP contribution < -0.4 is 4.74 Å². The van der Waals surface area contributed by atoms with E-state index >= 15 is 0 Å². The minimum atomic E-state index is -1.93. The van der Waals surface area contributed by atoms with E-state index in [0.29, 0.717) is 36.6 Å². The summed E-state index contributed by atoms with van der Waals surface area (Å²) in [6.45, 7) is 0.343. The number of piperidine rings is 1. The summed E-state index contributed by atoms with van der Waals surface area (Å²) >= 11 is 0. The summed E-state index contributed by atoms with van der Waals surface area (Å²) in [6.07, 6.45) is -0.138. The summed E-state index contributed by atoms with van der Waals surface area (Å²) in [5, 5.41) is 27.3. The first-order valence-electron chi connectivity index (χ1n) is 9.72. The molecule has 1 aliphatic rings. The summed E-state index contributed by atoms with van der Waals surface area (Å²) in [5.74, 6) is -0.250. The van der Waals surface area contributed by atoms with E-state index < -0.39 is 23.5 Å². The highest BCUT2D eigenvalue weighted by atomic mass is 16.5. The monoisotopic (exact) mass is 422 g/mol. The lowest BCUT2D eigenvalue weighted by atomic mass is 9.80. The predicted octanol–water partition coefficient (Wildman–Crippen LogP) is 4.39. The van der Waals surface area contributed by atoms with Gasteiger partial charge in [-0.15, -0.1) is 0 Å². The number of ether oxygens (including phenoxy) is 2. The maximum atomic E-state index is 12.5. The summed E-state index contributed by atoms with van der Waals surface area (Å²) < 4.78 is 10.6. The molecule has 0 spiro atoms. The molecule has 0 aromatic heterocycles. The molecule has 2 atom stereocenters. The molecular weight excluding hydrogens is 400 g/mol. The van der Waals surface area contributed by atoms with Crippen LogP contribution in [-0.2, 0) is 9.53 Å². The van der Waals surface area contributed by atoms with Gasteiger partial charge in [0.1, 0.15) is 17.6 Å². The van der Waals surface area contributed by atoms with Crippen LogP contribution in [0.3, 0.4) is 0 Å². The molecule has 2 aromatic carbocycles. The lowest BCUT2D eigenvalue weighted by molar-refractivity contribution is -0.147. The molecule has 1 heterocycles. The Morgan fingerprint density at radius 2 is 1.84 bits per heavy atom. The lowest BCUT2D eigenvalue weighted by Gasteiger charge is -2.35. The lowest BCUT2D eigenvalue weighted by Crippen LogP contribution is -2.52. The van der Waals surface area contributed by atoms with Crippen LogP contribution in [-0.4, -0.2) is 47.8 Å². The molecule has 1 fully saturated rings. The molecule has 2 unspecified atom stereocenters. The highest BCUT2D eigenvalue weighted by Gasteiger charge is 2.50. The topological polar surface area (TPSA) is 125 Å². The van der Waals surface area contributed by atoms with Gasteiger partial charge in [0.05, 0.1) is 12.8 Å². The van der Waals surface area contributed by atoms with Crippen LogP contribution in [0, 0.1) is 17.2 Å². The van der Waals surface area contributed by atoms with E-state index in [1.54, 1.807) is 24.3 Å². The van der Waals surface area contributed by atoms with Crippen molar-refractivity contribution in [2.45, 2.75) is 18.4 Å². The van der Waals surface area contributed by atoms with E-state index in [1.807, 2.05) is 36.4 Å². The number of benzene rings is 2. The van der Waals surface area contributed by atoms with Gasteiger partial charge in [-0.25, -0.2) is 9.59 Å². The van der Waals surface area contributed by atoms with Crippen LogP contribution in [0.25, 0.3) is 0 Å². The first-order valence-corrected chi connectivity index (χ1v) is 9.72. The second kappa shape index (κ2) is 9.71. The molecule has 1 N–H and O–H groups in total. The SMILES string of the molecule is COC(=O)C(C#N)(/N=N/c1ccc(Oc2ccccc2)cc1)C1CCCN(C(=O)O)C1. The Kier molecular flexibility index (Phi) is 6.82. The molecule has 0 saturated carbocycles. The van der Waals surface area contributed by atoms with Gasteiger partial charge < -0.3 is 19.5 Å². The third-order valence-electron chi connectivity index (χ3n) is 5.09. The van der Waals surface area contributed by atoms with E-state index in [0.717, 1.165) is 7.11 Å². The number of methoxy groups -OCH3 is 1.